The minimum atomic E-state index is -0.137. The van der Waals surface area contributed by atoms with Crippen molar-refractivity contribution in [2.75, 3.05) is 13.2 Å². The molecule has 3 rings (SSSR count). The fourth-order valence-corrected chi connectivity index (χ4v) is 2.87. The van der Waals surface area contributed by atoms with E-state index in [1.165, 1.54) is 22.2 Å². The summed E-state index contributed by atoms with van der Waals surface area (Å²) >= 11 is 1.36. The molecule has 1 unspecified atom stereocenters. The van der Waals surface area contributed by atoms with Crippen LogP contribution in [0.3, 0.4) is 0 Å². The summed E-state index contributed by atoms with van der Waals surface area (Å²) < 4.78 is 7.18. The van der Waals surface area contributed by atoms with E-state index in [1.807, 2.05) is 5.38 Å². The highest BCUT2D eigenvalue weighted by Gasteiger charge is 2.23. The SMILES string of the molecule is O=C(Cn1cnc2ccsc2c1=O)C1CCOC1. The third-order valence-electron chi connectivity index (χ3n) is 3.15. The molecule has 0 N–H and O–H groups in total. The molecular weight excluding hydrogens is 252 g/mol. The molecule has 0 amide bonds. The van der Waals surface area contributed by atoms with Crippen molar-refractivity contribution < 1.29 is 9.53 Å². The molecule has 1 aliphatic rings. The monoisotopic (exact) mass is 264 g/mol. The van der Waals surface area contributed by atoms with E-state index in [2.05, 4.69) is 4.98 Å². The summed E-state index contributed by atoms with van der Waals surface area (Å²) in [6.45, 7) is 1.20. The number of fused-ring (bicyclic) bond motifs is 1. The van der Waals surface area contributed by atoms with E-state index in [1.54, 1.807) is 6.07 Å². The zero-order valence-corrected chi connectivity index (χ0v) is 10.5. The molecule has 0 aromatic carbocycles. The van der Waals surface area contributed by atoms with Crippen LogP contribution in [-0.2, 0) is 16.1 Å². The van der Waals surface area contributed by atoms with Crippen molar-refractivity contribution in [3.05, 3.63) is 28.1 Å². The fourth-order valence-electron chi connectivity index (χ4n) is 2.08. The molecule has 1 saturated heterocycles. The first-order chi connectivity index (χ1) is 8.75. The van der Waals surface area contributed by atoms with Crippen LogP contribution in [-0.4, -0.2) is 28.5 Å². The molecule has 5 nitrogen and oxygen atoms in total. The minimum absolute atomic E-state index is 0.0484. The molecule has 1 fully saturated rings. The highest BCUT2D eigenvalue weighted by molar-refractivity contribution is 7.17. The van der Waals surface area contributed by atoms with Gasteiger partial charge in [-0.2, -0.15) is 0 Å². The summed E-state index contributed by atoms with van der Waals surface area (Å²) in [5.74, 6) is -0.0248. The maximum Gasteiger partial charge on any atom is 0.271 e. The van der Waals surface area contributed by atoms with Crippen LogP contribution in [0.4, 0.5) is 0 Å². The summed E-state index contributed by atoms with van der Waals surface area (Å²) in [5, 5.41) is 1.83. The van der Waals surface area contributed by atoms with Gasteiger partial charge in [0.15, 0.2) is 5.78 Å². The van der Waals surface area contributed by atoms with Gasteiger partial charge in [0.2, 0.25) is 0 Å². The molecule has 2 aromatic heterocycles. The predicted molar refractivity (Wildman–Crippen MR) is 67.8 cm³/mol. The van der Waals surface area contributed by atoms with Crippen LogP contribution in [0.1, 0.15) is 6.42 Å². The van der Waals surface area contributed by atoms with Gasteiger partial charge in [-0.05, 0) is 17.9 Å². The van der Waals surface area contributed by atoms with Crippen molar-refractivity contribution >= 4 is 27.3 Å². The molecule has 1 aliphatic heterocycles. The highest BCUT2D eigenvalue weighted by Crippen LogP contribution is 2.15. The van der Waals surface area contributed by atoms with Crippen molar-refractivity contribution in [3.63, 3.8) is 0 Å². The number of thiophene rings is 1. The van der Waals surface area contributed by atoms with Gasteiger partial charge in [0.05, 0.1) is 25.0 Å². The molecule has 0 aliphatic carbocycles. The quantitative estimate of drug-likeness (QED) is 0.831. The average Bonchev–Trinajstić information content (AvgIpc) is 3.02. The third-order valence-corrected chi connectivity index (χ3v) is 4.04. The Balaban J connectivity index is 1.88. The van der Waals surface area contributed by atoms with Gasteiger partial charge in [0.1, 0.15) is 4.70 Å². The van der Waals surface area contributed by atoms with Gasteiger partial charge in [-0.1, -0.05) is 0 Å². The second kappa shape index (κ2) is 4.62. The summed E-state index contributed by atoms with van der Waals surface area (Å²) in [7, 11) is 0. The molecular formula is C12H12N2O3S. The van der Waals surface area contributed by atoms with Crippen molar-refractivity contribution in [2.24, 2.45) is 5.92 Å². The number of Topliss-reactive ketones (excluding diaryl/α,β-unsaturated/α-hetero) is 1. The number of ketones is 1. The summed E-state index contributed by atoms with van der Waals surface area (Å²) in [5.41, 5.74) is 0.556. The number of carbonyl (C=O) groups is 1. The van der Waals surface area contributed by atoms with Gasteiger partial charge in [-0.3, -0.25) is 14.2 Å². The minimum Gasteiger partial charge on any atom is -0.381 e. The normalized spacial score (nSPS) is 19.4. The third kappa shape index (κ3) is 1.97. The predicted octanol–water partition coefficient (Wildman–Crippen LogP) is 1.06. The van der Waals surface area contributed by atoms with Gasteiger partial charge in [0, 0.05) is 12.5 Å². The molecule has 18 heavy (non-hydrogen) atoms. The topological polar surface area (TPSA) is 61.2 Å². The van der Waals surface area contributed by atoms with Gasteiger partial charge in [0.25, 0.3) is 5.56 Å². The van der Waals surface area contributed by atoms with Crippen molar-refractivity contribution in [1.82, 2.24) is 9.55 Å². The molecule has 3 heterocycles. The van der Waals surface area contributed by atoms with Gasteiger partial charge >= 0.3 is 0 Å². The first kappa shape index (κ1) is 11.6. The van der Waals surface area contributed by atoms with E-state index in [4.69, 9.17) is 4.74 Å². The Hall–Kier alpha value is -1.53. The maximum absolute atomic E-state index is 12.1. The van der Waals surface area contributed by atoms with Crippen LogP contribution in [0.15, 0.2) is 22.6 Å². The first-order valence-electron chi connectivity index (χ1n) is 5.79. The smallest absolute Gasteiger partial charge is 0.271 e. The van der Waals surface area contributed by atoms with Gasteiger partial charge in [-0.15, -0.1) is 11.3 Å². The molecule has 0 spiro atoms. The van der Waals surface area contributed by atoms with Gasteiger partial charge < -0.3 is 4.74 Å². The van der Waals surface area contributed by atoms with Crippen LogP contribution in [0, 0.1) is 5.92 Å². The molecule has 0 saturated carbocycles. The summed E-state index contributed by atoms with van der Waals surface area (Å²) in [6, 6.07) is 1.80. The number of ether oxygens (including phenoxy) is 1. The molecule has 0 radical (unpaired) electrons. The lowest BCUT2D eigenvalue weighted by Crippen LogP contribution is -2.27. The molecule has 1 atom stereocenters. The number of rotatable bonds is 3. The van der Waals surface area contributed by atoms with Crippen LogP contribution >= 0.6 is 11.3 Å². The van der Waals surface area contributed by atoms with Crippen molar-refractivity contribution in [1.29, 1.82) is 0 Å². The molecule has 6 heteroatoms. The highest BCUT2D eigenvalue weighted by atomic mass is 32.1. The maximum atomic E-state index is 12.1. The van der Waals surface area contributed by atoms with E-state index < -0.39 is 0 Å². The van der Waals surface area contributed by atoms with E-state index in [-0.39, 0.29) is 23.8 Å². The second-order valence-corrected chi connectivity index (χ2v) is 5.26. The van der Waals surface area contributed by atoms with E-state index in [0.717, 1.165) is 6.42 Å². The summed E-state index contributed by atoms with van der Waals surface area (Å²) in [6.07, 6.45) is 2.20. The number of hydrogen-bond donors (Lipinski definition) is 0. The summed E-state index contributed by atoms with van der Waals surface area (Å²) in [4.78, 5) is 28.2. The van der Waals surface area contributed by atoms with Crippen LogP contribution < -0.4 is 5.56 Å². The van der Waals surface area contributed by atoms with Crippen molar-refractivity contribution in [2.45, 2.75) is 13.0 Å². The number of aromatic nitrogens is 2. The van der Waals surface area contributed by atoms with Crippen LogP contribution in [0.5, 0.6) is 0 Å². The van der Waals surface area contributed by atoms with Crippen LogP contribution in [0.25, 0.3) is 10.2 Å². The Morgan fingerprint density at radius 2 is 2.50 bits per heavy atom. The molecule has 94 valence electrons. The Morgan fingerprint density at radius 3 is 3.28 bits per heavy atom. The zero-order chi connectivity index (χ0) is 12.5. The first-order valence-corrected chi connectivity index (χ1v) is 6.67. The average molecular weight is 264 g/mol. The zero-order valence-electron chi connectivity index (χ0n) is 9.67. The van der Waals surface area contributed by atoms with E-state index >= 15 is 0 Å². The Bertz CT molecular complexity index is 640. The van der Waals surface area contributed by atoms with Gasteiger partial charge in [-0.25, -0.2) is 4.98 Å². The standard InChI is InChI=1S/C12H12N2O3S/c15-10(8-1-3-17-6-8)5-14-7-13-9-2-4-18-11(9)12(14)16/h2,4,7-8H,1,3,5-6H2. The van der Waals surface area contributed by atoms with Crippen LogP contribution in [0.2, 0.25) is 0 Å². The largest absolute Gasteiger partial charge is 0.381 e. The van der Waals surface area contributed by atoms with E-state index in [9.17, 15) is 9.59 Å². The lowest BCUT2D eigenvalue weighted by Gasteiger charge is -2.08. The molecule has 2 aromatic rings. The number of nitrogens with zero attached hydrogens (tertiary/aromatic N) is 2. The number of hydrogen-bond acceptors (Lipinski definition) is 5. The van der Waals surface area contributed by atoms with E-state index in [0.29, 0.717) is 23.4 Å². The number of carbonyl (C=O) groups excluding carboxylic acids is 1. The lowest BCUT2D eigenvalue weighted by molar-refractivity contribution is -0.123. The fraction of sp³-hybridized carbons (Fsp3) is 0.417. The molecule has 0 bridgehead atoms. The second-order valence-electron chi connectivity index (χ2n) is 4.34. The lowest BCUT2D eigenvalue weighted by atomic mass is 10.0. The van der Waals surface area contributed by atoms with Crippen molar-refractivity contribution in [3.8, 4) is 0 Å². The Labute approximate surface area is 107 Å². The Kier molecular flexibility index (Phi) is 2.97. The Morgan fingerprint density at radius 1 is 1.61 bits per heavy atom.